The lowest BCUT2D eigenvalue weighted by molar-refractivity contribution is 0.191. The number of hydrogen-bond acceptors (Lipinski definition) is 5. The number of fused-ring (bicyclic) bond motifs is 1. The van der Waals surface area contributed by atoms with Gasteiger partial charge in [-0.25, -0.2) is 9.38 Å². The van der Waals surface area contributed by atoms with E-state index in [-0.39, 0.29) is 0 Å². The Bertz CT molecular complexity index is 1130. The highest BCUT2D eigenvalue weighted by molar-refractivity contribution is 6.03. The Kier molecular flexibility index (Phi) is 5.90. The van der Waals surface area contributed by atoms with Gasteiger partial charge in [-0.3, -0.25) is 10.3 Å². The molecule has 3 aromatic rings. The summed E-state index contributed by atoms with van der Waals surface area (Å²) in [5.74, 6) is 0.274. The van der Waals surface area contributed by atoms with Gasteiger partial charge in [-0.1, -0.05) is 24.8 Å². The Morgan fingerprint density at radius 2 is 2.20 bits per heavy atom. The normalized spacial score (nSPS) is 17.1. The zero-order valence-corrected chi connectivity index (χ0v) is 16.8. The second-order valence-electron chi connectivity index (χ2n) is 7.10. The summed E-state index contributed by atoms with van der Waals surface area (Å²) in [6.45, 7) is 7.63. The number of nitrogens with one attached hydrogen (secondary N) is 3. The van der Waals surface area contributed by atoms with E-state index in [0.717, 1.165) is 30.4 Å². The van der Waals surface area contributed by atoms with Crippen LogP contribution in [0.4, 0.5) is 4.39 Å². The molecule has 30 heavy (non-hydrogen) atoms. The second-order valence-corrected chi connectivity index (χ2v) is 7.10. The Balaban J connectivity index is 1.47. The first-order valence-electron chi connectivity index (χ1n) is 9.83. The largest absolute Gasteiger partial charge is 0.475 e. The molecule has 6 nitrogen and oxygen atoms in total. The standard InChI is InChI=1S/C23H24FN5O/c1-15(18-9-19(24)12-25-10-18)29-22-13-26-14-30-23(22)16(2)27-8-7-17-11-28-21-6-4-3-5-20(17)21/h3-6,9-12,26-28H,1,7-8,13-14H2,2H3/b23-16-,29-22-. The van der Waals surface area contributed by atoms with Crippen LogP contribution in [0.2, 0.25) is 0 Å². The molecule has 0 amide bonds. The Labute approximate surface area is 174 Å². The molecule has 1 aliphatic heterocycles. The lowest BCUT2D eigenvalue weighted by Crippen LogP contribution is -2.36. The molecule has 0 unspecified atom stereocenters. The quantitative estimate of drug-likeness (QED) is 0.584. The van der Waals surface area contributed by atoms with E-state index in [0.29, 0.717) is 36.0 Å². The van der Waals surface area contributed by atoms with Crippen LogP contribution >= 0.6 is 0 Å². The number of pyridine rings is 1. The van der Waals surface area contributed by atoms with Crippen LogP contribution in [0.15, 0.2) is 71.9 Å². The van der Waals surface area contributed by atoms with Crippen molar-refractivity contribution in [1.29, 1.82) is 0 Å². The molecular formula is C23H24FN5O. The summed E-state index contributed by atoms with van der Waals surface area (Å²) in [6.07, 6.45) is 5.63. The molecule has 0 spiro atoms. The van der Waals surface area contributed by atoms with Gasteiger partial charge in [0.1, 0.15) is 12.5 Å². The van der Waals surface area contributed by atoms with Gasteiger partial charge >= 0.3 is 0 Å². The molecule has 0 bridgehead atoms. The number of hydrogen-bond donors (Lipinski definition) is 3. The van der Waals surface area contributed by atoms with Crippen LogP contribution < -0.4 is 10.6 Å². The van der Waals surface area contributed by atoms with Crippen molar-refractivity contribution in [2.45, 2.75) is 13.3 Å². The van der Waals surface area contributed by atoms with Crippen LogP contribution in [-0.2, 0) is 11.2 Å². The number of aromatic nitrogens is 2. The molecule has 7 heteroatoms. The topological polar surface area (TPSA) is 74.3 Å². The second kappa shape index (κ2) is 8.92. The number of halogens is 1. The van der Waals surface area contributed by atoms with Crippen molar-refractivity contribution in [2.24, 2.45) is 4.99 Å². The predicted octanol–water partition coefficient (Wildman–Crippen LogP) is 3.75. The van der Waals surface area contributed by atoms with Gasteiger partial charge in [-0.2, -0.15) is 0 Å². The van der Waals surface area contributed by atoms with E-state index < -0.39 is 5.82 Å². The van der Waals surface area contributed by atoms with Crippen molar-refractivity contribution in [3.63, 3.8) is 0 Å². The molecule has 1 saturated heterocycles. The molecule has 4 rings (SSSR count). The molecule has 3 N–H and O–H groups in total. The average Bonchev–Trinajstić information content (AvgIpc) is 3.17. The maximum absolute atomic E-state index is 13.5. The van der Waals surface area contributed by atoms with Crippen LogP contribution in [0.1, 0.15) is 18.1 Å². The first kappa shape index (κ1) is 19.8. The highest BCUT2D eigenvalue weighted by Gasteiger charge is 2.18. The van der Waals surface area contributed by atoms with Crippen molar-refractivity contribution in [3.05, 3.63) is 83.9 Å². The third kappa shape index (κ3) is 4.41. The number of para-hydroxylation sites is 1. The summed E-state index contributed by atoms with van der Waals surface area (Å²) in [5.41, 5.74) is 5.01. The number of benzene rings is 1. The highest BCUT2D eigenvalue weighted by atomic mass is 19.1. The van der Waals surface area contributed by atoms with Crippen molar-refractivity contribution in [2.75, 3.05) is 19.8 Å². The summed E-state index contributed by atoms with van der Waals surface area (Å²) < 4.78 is 19.3. The lowest BCUT2D eigenvalue weighted by Gasteiger charge is -2.22. The monoisotopic (exact) mass is 405 g/mol. The number of ether oxygens (including phenoxy) is 1. The number of allylic oxidation sites excluding steroid dienone is 1. The van der Waals surface area contributed by atoms with Gasteiger partial charge in [0.2, 0.25) is 0 Å². The molecule has 1 fully saturated rings. The van der Waals surface area contributed by atoms with Gasteiger partial charge < -0.3 is 15.0 Å². The third-order valence-corrected chi connectivity index (χ3v) is 4.98. The van der Waals surface area contributed by atoms with E-state index in [4.69, 9.17) is 4.74 Å². The van der Waals surface area contributed by atoms with E-state index in [9.17, 15) is 4.39 Å². The van der Waals surface area contributed by atoms with Crippen molar-refractivity contribution in [3.8, 4) is 0 Å². The smallest absolute Gasteiger partial charge is 0.162 e. The van der Waals surface area contributed by atoms with Gasteiger partial charge in [0.15, 0.2) is 5.76 Å². The SMILES string of the molecule is C=C(/N=C1/CNCO/C1=C(/C)NCCc1c[nH]c2ccccc12)c1cncc(F)c1. The first-order chi connectivity index (χ1) is 14.6. The number of nitrogens with zero attached hydrogens (tertiary/aromatic N) is 2. The van der Waals surface area contributed by atoms with E-state index in [2.05, 4.69) is 50.5 Å². The molecule has 1 aliphatic rings. The van der Waals surface area contributed by atoms with Crippen LogP contribution in [0.3, 0.4) is 0 Å². The molecule has 2 aromatic heterocycles. The molecule has 0 saturated carbocycles. The van der Waals surface area contributed by atoms with Crippen LogP contribution in [0, 0.1) is 5.82 Å². The maximum Gasteiger partial charge on any atom is 0.162 e. The number of aromatic amines is 1. The summed E-state index contributed by atoms with van der Waals surface area (Å²) >= 11 is 0. The van der Waals surface area contributed by atoms with Crippen molar-refractivity contribution < 1.29 is 9.13 Å². The van der Waals surface area contributed by atoms with Crippen LogP contribution in [0.25, 0.3) is 16.6 Å². The fourth-order valence-electron chi connectivity index (χ4n) is 3.47. The zero-order chi connectivity index (χ0) is 20.9. The van der Waals surface area contributed by atoms with Gasteiger partial charge in [0.25, 0.3) is 0 Å². The van der Waals surface area contributed by atoms with Gasteiger partial charge in [0, 0.05) is 41.9 Å². The minimum absolute atomic E-state index is 0.407. The van der Waals surface area contributed by atoms with E-state index in [1.807, 2.05) is 19.1 Å². The zero-order valence-electron chi connectivity index (χ0n) is 16.8. The summed E-state index contributed by atoms with van der Waals surface area (Å²) in [4.78, 5) is 11.7. The molecular weight excluding hydrogens is 381 g/mol. The molecule has 3 heterocycles. The Hall–Kier alpha value is -3.45. The fourth-order valence-corrected chi connectivity index (χ4v) is 3.47. The molecule has 0 aliphatic carbocycles. The first-order valence-corrected chi connectivity index (χ1v) is 9.83. The molecule has 1 aromatic carbocycles. The van der Waals surface area contributed by atoms with Crippen LogP contribution in [0.5, 0.6) is 0 Å². The summed E-state index contributed by atoms with van der Waals surface area (Å²) in [5, 5.41) is 7.81. The predicted molar refractivity (Wildman–Crippen MR) is 117 cm³/mol. The number of aliphatic imine (C=N–C) groups is 1. The lowest BCUT2D eigenvalue weighted by atomic mass is 10.1. The molecule has 154 valence electrons. The minimum Gasteiger partial charge on any atom is -0.475 e. The van der Waals surface area contributed by atoms with E-state index in [1.165, 1.54) is 17.0 Å². The van der Waals surface area contributed by atoms with Crippen molar-refractivity contribution >= 4 is 22.3 Å². The maximum atomic E-state index is 13.5. The average molecular weight is 405 g/mol. The van der Waals surface area contributed by atoms with Gasteiger partial charge in [-0.05, 0) is 31.0 Å². The Morgan fingerprint density at radius 1 is 1.33 bits per heavy atom. The van der Waals surface area contributed by atoms with Gasteiger partial charge in [-0.15, -0.1) is 0 Å². The highest BCUT2D eigenvalue weighted by Crippen LogP contribution is 2.19. The molecule has 0 radical (unpaired) electrons. The molecule has 0 atom stereocenters. The van der Waals surface area contributed by atoms with Crippen molar-refractivity contribution in [1.82, 2.24) is 20.6 Å². The summed E-state index contributed by atoms with van der Waals surface area (Å²) in [6, 6.07) is 9.64. The minimum atomic E-state index is -0.419. The Morgan fingerprint density at radius 3 is 3.07 bits per heavy atom. The van der Waals surface area contributed by atoms with Gasteiger partial charge in [0.05, 0.1) is 23.3 Å². The van der Waals surface area contributed by atoms with E-state index >= 15 is 0 Å². The third-order valence-electron chi connectivity index (χ3n) is 4.98. The van der Waals surface area contributed by atoms with E-state index in [1.54, 1.807) is 6.20 Å². The van der Waals surface area contributed by atoms with Crippen LogP contribution in [-0.4, -0.2) is 35.5 Å². The number of H-pyrrole nitrogens is 1. The fraction of sp³-hybridized carbons (Fsp3) is 0.217. The summed E-state index contributed by atoms with van der Waals surface area (Å²) in [7, 11) is 0. The number of rotatable bonds is 6.